The van der Waals surface area contributed by atoms with Gasteiger partial charge in [0.25, 0.3) is 0 Å². The maximum absolute atomic E-state index is 12.9. The van der Waals surface area contributed by atoms with Crippen molar-refractivity contribution in [2.75, 3.05) is 33.4 Å². The SMILES string of the molecule is COc1ccc(OCCNC(=O)[C@@H]2CCCN(S(=O)(=O)Cc3c(Cl)cccc3Cl)C2)cc1. The van der Waals surface area contributed by atoms with Gasteiger partial charge in [-0.25, -0.2) is 12.7 Å². The minimum absolute atomic E-state index is 0.134. The van der Waals surface area contributed by atoms with Crippen LogP contribution in [-0.2, 0) is 20.6 Å². The van der Waals surface area contributed by atoms with Gasteiger partial charge in [0.05, 0.1) is 25.3 Å². The average Bonchev–Trinajstić information content (AvgIpc) is 2.79. The van der Waals surface area contributed by atoms with E-state index in [1.54, 1.807) is 49.6 Å². The molecule has 1 heterocycles. The van der Waals surface area contributed by atoms with Gasteiger partial charge in [0.15, 0.2) is 0 Å². The third-order valence-electron chi connectivity index (χ3n) is 5.27. The molecule has 0 unspecified atom stereocenters. The number of piperidine rings is 1. The highest BCUT2D eigenvalue weighted by Gasteiger charge is 2.33. The molecule has 0 aromatic heterocycles. The first kappa shape index (κ1) is 24.6. The van der Waals surface area contributed by atoms with Gasteiger partial charge in [0, 0.05) is 28.7 Å². The topological polar surface area (TPSA) is 84.9 Å². The Hall–Kier alpha value is -2.00. The lowest BCUT2D eigenvalue weighted by Crippen LogP contribution is -2.46. The van der Waals surface area contributed by atoms with Crippen LogP contribution in [0.1, 0.15) is 18.4 Å². The van der Waals surface area contributed by atoms with Crippen LogP contribution in [0.2, 0.25) is 10.0 Å². The zero-order valence-electron chi connectivity index (χ0n) is 17.7. The molecule has 174 valence electrons. The van der Waals surface area contributed by atoms with Crippen molar-refractivity contribution in [2.45, 2.75) is 18.6 Å². The maximum atomic E-state index is 12.9. The van der Waals surface area contributed by atoms with Crippen molar-refractivity contribution in [3.05, 3.63) is 58.1 Å². The minimum atomic E-state index is -3.67. The molecule has 0 bridgehead atoms. The van der Waals surface area contributed by atoms with Crippen molar-refractivity contribution in [2.24, 2.45) is 5.92 Å². The largest absolute Gasteiger partial charge is 0.497 e. The fourth-order valence-electron chi connectivity index (χ4n) is 3.51. The second kappa shape index (κ2) is 11.2. The van der Waals surface area contributed by atoms with Crippen LogP contribution >= 0.6 is 23.2 Å². The number of hydrogen-bond donors (Lipinski definition) is 1. The number of carbonyl (C=O) groups excluding carboxylic acids is 1. The molecule has 1 aliphatic rings. The molecule has 7 nitrogen and oxygen atoms in total. The highest BCUT2D eigenvalue weighted by Crippen LogP contribution is 2.29. The summed E-state index contributed by atoms with van der Waals surface area (Å²) in [5.74, 6) is 0.517. The minimum Gasteiger partial charge on any atom is -0.497 e. The van der Waals surface area contributed by atoms with E-state index in [2.05, 4.69) is 5.32 Å². The molecule has 0 radical (unpaired) electrons. The fraction of sp³-hybridized carbons (Fsp3) is 0.409. The Morgan fingerprint density at radius 2 is 1.78 bits per heavy atom. The third-order valence-corrected chi connectivity index (χ3v) is 7.75. The molecule has 2 aromatic rings. The van der Waals surface area contributed by atoms with Gasteiger partial charge < -0.3 is 14.8 Å². The number of hydrogen-bond acceptors (Lipinski definition) is 5. The predicted molar refractivity (Wildman–Crippen MR) is 125 cm³/mol. The molecule has 1 fully saturated rings. The molecular formula is C22H26Cl2N2O5S. The number of amides is 1. The maximum Gasteiger partial charge on any atom is 0.224 e. The molecule has 1 atom stereocenters. The Balaban J connectivity index is 1.50. The summed E-state index contributed by atoms with van der Waals surface area (Å²) in [4.78, 5) is 12.6. The van der Waals surface area contributed by atoms with Gasteiger partial charge in [0.2, 0.25) is 15.9 Å². The Morgan fingerprint density at radius 3 is 2.44 bits per heavy atom. The number of nitrogens with zero attached hydrogens (tertiary/aromatic N) is 1. The van der Waals surface area contributed by atoms with Crippen LogP contribution in [0.15, 0.2) is 42.5 Å². The molecule has 0 saturated carbocycles. The van der Waals surface area contributed by atoms with Gasteiger partial charge in [-0.05, 0) is 49.2 Å². The van der Waals surface area contributed by atoms with Crippen molar-refractivity contribution in [3.63, 3.8) is 0 Å². The summed E-state index contributed by atoms with van der Waals surface area (Å²) in [6, 6.07) is 12.0. The van der Waals surface area contributed by atoms with Crippen LogP contribution in [0.3, 0.4) is 0 Å². The van der Waals surface area contributed by atoms with E-state index in [9.17, 15) is 13.2 Å². The molecule has 1 N–H and O–H groups in total. The Kier molecular flexibility index (Phi) is 8.64. The summed E-state index contributed by atoms with van der Waals surface area (Å²) >= 11 is 12.3. The van der Waals surface area contributed by atoms with Crippen LogP contribution in [0, 0.1) is 5.92 Å². The van der Waals surface area contributed by atoms with Crippen molar-refractivity contribution in [3.8, 4) is 11.5 Å². The zero-order valence-corrected chi connectivity index (χ0v) is 20.0. The number of nitrogens with one attached hydrogen (secondary N) is 1. The number of halogens is 2. The smallest absolute Gasteiger partial charge is 0.224 e. The van der Waals surface area contributed by atoms with E-state index < -0.39 is 15.9 Å². The lowest BCUT2D eigenvalue weighted by atomic mass is 9.99. The van der Waals surface area contributed by atoms with Gasteiger partial charge in [-0.15, -0.1) is 0 Å². The Bertz CT molecular complexity index is 1010. The summed E-state index contributed by atoms with van der Waals surface area (Å²) in [7, 11) is -2.07. The predicted octanol–water partition coefficient (Wildman–Crippen LogP) is 3.74. The van der Waals surface area contributed by atoms with Crippen molar-refractivity contribution in [1.29, 1.82) is 0 Å². The van der Waals surface area contributed by atoms with E-state index in [1.165, 1.54) is 4.31 Å². The van der Waals surface area contributed by atoms with Crippen LogP contribution < -0.4 is 14.8 Å². The first-order valence-electron chi connectivity index (χ1n) is 10.3. The zero-order chi connectivity index (χ0) is 23.1. The third kappa shape index (κ3) is 6.51. The molecular weight excluding hydrogens is 475 g/mol. The molecule has 1 amide bonds. The van der Waals surface area contributed by atoms with Gasteiger partial charge >= 0.3 is 0 Å². The van der Waals surface area contributed by atoms with Crippen LogP contribution in [-0.4, -0.2) is 52.0 Å². The monoisotopic (exact) mass is 500 g/mol. The molecule has 3 rings (SSSR count). The number of sulfonamides is 1. The molecule has 32 heavy (non-hydrogen) atoms. The van der Waals surface area contributed by atoms with Crippen molar-refractivity contribution < 1.29 is 22.7 Å². The first-order chi connectivity index (χ1) is 15.3. The number of ether oxygens (including phenoxy) is 2. The Morgan fingerprint density at radius 1 is 1.12 bits per heavy atom. The van der Waals surface area contributed by atoms with Crippen molar-refractivity contribution >= 4 is 39.1 Å². The number of benzene rings is 2. The average molecular weight is 501 g/mol. The summed E-state index contributed by atoms with van der Waals surface area (Å²) in [6.07, 6.45) is 1.24. The van der Waals surface area contributed by atoms with Gasteiger partial charge in [0.1, 0.15) is 18.1 Å². The molecule has 1 saturated heterocycles. The number of methoxy groups -OCH3 is 1. The highest BCUT2D eigenvalue weighted by atomic mass is 35.5. The summed E-state index contributed by atoms with van der Waals surface area (Å²) in [5, 5.41) is 3.45. The van der Waals surface area contributed by atoms with E-state index >= 15 is 0 Å². The molecule has 1 aliphatic heterocycles. The lowest BCUT2D eigenvalue weighted by Gasteiger charge is -2.31. The van der Waals surface area contributed by atoms with E-state index in [-0.39, 0.29) is 18.2 Å². The molecule has 10 heteroatoms. The molecule has 2 aromatic carbocycles. The fourth-order valence-corrected chi connectivity index (χ4v) is 5.87. The van der Waals surface area contributed by atoms with E-state index in [4.69, 9.17) is 32.7 Å². The summed E-state index contributed by atoms with van der Waals surface area (Å²) in [6.45, 7) is 1.13. The second-order valence-electron chi connectivity index (χ2n) is 7.47. The second-order valence-corrected chi connectivity index (χ2v) is 10.3. The molecule has 0 spiro atoms. The Labute approximate surface area is 198 Å². The quantitative estimate of drug-likeness (QED) is 0.530. The van der Waals surface area contributed by atoms with Crippen LogP contribution in [0.5, 0.6) is 11.5 Å². The number of rotatable bonds is 9. The summed E-state index contributed by atoms with van der Waals surface area (Å²) in [5.41, 5.74) is 0.373. The van der Waals surface area contributed by atoms with E-state index in [0.29, 0.717) is 53.9 Å². The van der Waals surface area contributed by atoms with Crippen LogP contribution in [0.25, 0.3) is 0 Å². The standard InChI is InChI=1S/C22H26Cl2N2O5S/c1-30-17-7-9-18(10-8-17)31-13-11-25-22(27)16-4-3-12-26(14-16)32(28,29)15-19-20(23)5-2-6-21(19)24/h2,5-10,16H,3-4,11-15H2,1H3,(H,25,27)/t16-/m1/s1. The highest BCUT2D eigenvalue weighted by molar-refractivity contribution is 7.88. The van der Waals surface area contributed by atoms with Gasteiger partial charge in [-0.1, -0.05) is 29.3 Å². The van der Waals surface area contributed by atoms with E-state index in [0.717, 1.165) is 5.75 Å². The lowest BCUT2D eigenvalue weighted by molar-refractivity contribution is -0.126. The summed E-state index contributed by atoms with van der Waals surface area (Å²) < 4.78 is 37.9. The number of carbonyl (C=O) groups is 1. The van der Waals surface area contributed by atoms with Gasteiger partial charge in [-0.2, -0.15) is 0 Å². The van der Waals surface area contributed by atoms with Gasteiger partial charge in [-0.3, -0.25) is 4.79 Å². The van der Waals surface area contributed by atoms with Crippen molar-refractivity contribution in [1.82, 2.24) is 9.62 Å². The first-order valence-corrected chi connectivity index (χ1v) is 12.6. The van der Waals surface area contributed by atoms with Crippen LogP contribution in [0.4, 0.5) is 0 Å². The normalized spacial score (nSPS) is 17.0. The molecule has 0 aliphatic carbocycles. The van der Waals surface area contributed by atoms with E-state index in [1.807, 2.05) is 0 Å².